The van der Waals surface area contributed by atoms with Gasteiger partial charge in [-0.25, -0.2) is 0 Å². The van der Waals surface area contributed by atoms with Crippen molar-refractivity contribution in [2.75, 3.05) is 6.61 Å². The number of aromatic nitrogens is 2. The van der Waals surface area contributed by atoms with Gasteiger partial charge in [0, 0.05) is 36.2 Å². The van der Waals surface area contributed by atoms with E-state index in [9.17, 15) is 4.79 Å². The molecule has 0 radical (unpaired) electrons. The van der Waals surface area contributed by atoms with Crippen LogP contribution in [-0.4, -0.2) is 22.3 Å². The molecule has 2 aromatic rings. The summed E-state index contributed by atoms with van der Waals surface area (Å²) in [6.45, 7) is 1.14. The fourth-order valence-corrected chi connectivity index (χ4v) is 2.89. The van der Waals surface area contributed by atoms with Crippen LogP contribution in [0.15, 0.2) is 28.9 Å². The average Bonchev–Trinajstić information content (AvgIpc) is 3.03. The van der Waals surface area contributed by atoms with E-state index in [2.05, 4.69) is 32.4 Å². The summed E-state index contributed by atoms with van der Waals surface area (Å²) in [6.07, 6.45) is 2.52. The highest BCUT2D eigenvalue weighted by atomic mass is 79.9. The van der Waals surface area contributed by atoms with E-state index in [-0.39, 0.29) is 5.91 Å². The Hall–Kier alpha value is -1.82. The Balaban J connectivity index is 1.76. The van der Waals surface area contributed by atoms with Crippen LogP contribution < -0.4 is 10.1 Å². The Kier molecular flexibility index (Phi) is 3.48. The summed E-state index contributed by atoms with van der Waals surface area (Å²) in [5, 5.41) is 6.89. The molecule has 0 atom stereocenters. The summed E-state index contributed by atoms with van der Waals surface area (Å²) in [6, 6.07) is 5.74. The summed E-state index contributed by atoms with van der Waals surface area (Å²) in [5.41, 5.74) is 2.71. The second-order valence-corrected chi connectivity index (χ2v) is 5.59. The first-order valence-corrected chi connectivity index (χ1v) is 7.15. The van der Waals surface area contributed by atoms with E-state index in [0.29, 0.717) is 18.8 Å². The lowest BCUT2D eigenvalue weighted by molar-refractivity contribution is 0.0941. The highest BCUT2D eigenvalue weighted by Gasteiger charge is 2.18. The first-order chi connectivity index (χ1) is 9.65. The predicted molar refractivity (Wildman–Crippen MR) is 77.7 cm³/mol. The minimum Gasteiger partial charge on any atom is -0.493 e. The number of benzene rings is 1. The zero-order valence-electron chi connectivity index (χ0n) is 11.0. The van der Waals surface area contributed by atoms with Crippen LogP contribution in [0, 0.1) is 0 Å². The zero-order chi connectivity index (χ0) is 14.1. The molecule has 0 aliphatic carbocycles. The summed E-state index contributed by atoms with van der Waals surface area (Å²) >= 11 is 3.49. The van der Waals surface area contributed by atoms with Crippen LogP contribution in [0.25, 0.3) is 0 Å². The Bertz CT molecular complexity index is 666. The molecule has 2 heterocycles. The molecule has 1 aliphatic rings. The fraction of sp³-hybridized carbons (Fsp3) is 0.286. The topological polar surface area (TPSA) is 56.2 Å². The highest BCUT2D eigenvalue weighted by Crippen LogP contribution is 2.32. The average molecular weight is 336 g/mol. The van der Waals surface area contributed by atoms with Crippen LogP contribution in [0.2, 0.25) is 0 Å². The number of nitrogens with zero attached hydrogens (tertiary/aromatic N) is 2. The van der Waals surface area contributed by atoms with Crippen molar-refractivity contribution in [2.45, 2.75) is 13.0 Å². The normalized spacial score (nSPS) is 12.9. The van der Waals surface area contributed by atoms with E-state index in [1.165, 1.54) is 5.56 Å². The number of carbonyl (C=O) groups excluding carboxylic acids is 1. The van der Waals surface area contributed by atoms with Crippen molar-refractivity contribution in [1.29, 1.82) is 0 Å². The van der Waals surface area contributed by atoms with Gasteiger partial charge in [0.25, 0.3) is 5.91 Å². The Labute approximate surface area is 125 Å². The second-order valence-electron chi connectivity index (χ2n) is 4.67. The molecule has 20 heavy (non-hydrogen) atoms. The van der Waals surface area contributed by atoms with Crippen molar-refractivity contribution in [3.63, 3.8) is 0 Å². The molecule has 104 valence electrons. The SMILES string of the molecule is Cn1nccc1C(=O)NCc1cc(Br)cc2c1OCC2. The fourth-order valence-electron chi connectivity index (χ4n) is 2.34. The molecular formula is C14H14BrN3O2. The smallest absolute Gasteiger partial charge is 0.269 e. The maximum absolute atomic E-state index is 12.1. The molecule has 0 fully saturated rings. The quantitative estimate of drug-likeness (QED) is 0.933. The molecular weight excluding hydrogens is 322 g/mol. The van der Waals surface area contributed by atoms with E-state index in [0.717, 1.165) is 22.2 Å². The van der Waals surface area contributed by atoms with Crippen molar-refractivity contribution >= 4 is 21.8 Å². The minimum absolute atomic E-state index is 0.142. The first-order valence-electron chi connectivity index (χ1n) is 6.35. The van der Waals surface area contributed by atoms with Gasteiger partial charge in [-0.3, -0.25) is 9.48 Å². The zero-order valence-corrected chi connectivity index (χ0v) is 12.6. The molecule has 1 amide bonds. The minimum atomic E-state index is -0.142. The molecule has 0 spiro atoms. The van der Waals surface area contributed by atoms with Gasteiger partial charge in [0.05, 0.1) is 6.61 Å². The van der Waals surface area contributed by atoms with E-state index in [4.69, 9.17) is 4.74 Å². The summed E-state index contributed by atoms with van der Waals surface area (Å²) < 4.78 is 8.20. The van der Waals surface area contributed by atoms with Gasteiger partial charge in [-0.2, -0.15) is 5.10 Å². The summed E-state index contributed by atoms with van der Waals surface area (Å²) in [4.78, 5) is 12.1. The van der Waals surface area contributed by atoms with Crippen LogP contribution >= 0.6 is 15.9 Å². The van der Waals surface area contributed by atoms with Gasteiger partial charge < -0.3 is 10.1 Å². The third-order valence-electron chi connectivity index (χ3n) is 3.32. The molecule has 0 saturated carbocycles. The monoisotopic (exact) mass is 335 g/mol. The lowest BCUT2D eigenvalue weighted by Crippen LogP contribution is -2.25. The maximum Gasteiger partial charge on any atom is 0.269 e. The van der Waals surface area contributed by atoms with Gasteiger partial charge in [-0.1, -0.05) is 15.9 Å². The largest absolute Gasteiger partial charge is 0.493 e. The number of hydrogen-bond donors (Lipinski definition) is 1. The molecule has 0 unspecified atom stereocenters. The number of fused-ring (bicyclic) bond motifs is 1. The number of ether oxygens (including phenoxy) is 1. The van der Waals surface area contributed by atoms with E-state index >= 15 is 0 Å². The van der Waals surface area contributed by atoms with Crippen LogP contribution in [0.1, 0.15) is 21.6 Å². The van der Waals surface area contributed by atoms with Gasteiger partial charge in [-0.05, 0) is 23.8 Å². The number of amides is 1. The third kappa shape index (κ3) is 2.43. The lowest BCUT2D eigenvalue weighted by Gasteiger charge is -2.10. The number of nitrogens with one attached hydrogen (secondary N) is 1. The van der Waals surface area contributed by atoms with Crippen molar-refractivity contribution in [3.8, 4) is 5.75 Å². The Morgan fingerprint density at radius 3 is 3.15 bits per heavy atom. The van der Waals surface area contributed by atoms with Crippen molar-refractivity contribution in [3.05, 3.63) is 45.7 Å². The van der Waals surface area contributed by atoms with Crippen LogP contribution in [-0.2, 0) is 20.0 Å². The van der Waals surface area contributed by atoms with E-state index in [1.54, 1.807) is 24.0 Å². The molecule has 5 nitrogen and oxygen atoms in total. The summed E-state index contributed by atoms with van der Waals surface area (Å²) in [7, 11) is 1.74. The number of hydrogen-bond acceptors (Lipinski definition) is 3. The van der Waals surface area contributed by atoms with Gasteiger partial charge in [0.1, 0.15) is 11.4 Å². The predicted octanol–water partition coefficient (Wildman–Crippen LogP) is 2.05. The molecule has 3 rings (SSSR count). The molecule has 6 heteroatoms. The number of rotatable bonds is 3. The maximum atomic E-state index is 12.1. The van der Waals surface area contributed by atoms with Crippen LogP contribution in [0.4, 0.5) is 0 Å². The Morgan fingerprint density at radius 2 is 2.40 bits per heavy atom. The Morgan fingerprint density at radius 1 is 1.55 bits per heavy atom. The number of halogens is 1. The van der Waals surface area contributed by atoms with E-state index < -0.39 is 0 Å². The molecule has 0 saturated heterocycles. The lowest BCUT2D eigenvalue weighted by atomic mass is 10.1. The van der Waals surface area contributed by atoms with Gasteiger partial charge >= 0.3 is 0 Å². The van der Waals surface area contributed by atoms with Gasteiger partial charge in [-0.15, -0.1) is 0 Å². The summed E-state index contributed by atoms with van der Waals surface area (Å²) in [5.74, 6) is 0.759. The van der Waals surface area contributed by atoms with Crippen LogP contribution in [0.3, 0.4) is 0 Å². The van der Waals surface area contributed by atoms with Gasteiger partial charge in [0.15, 0.2) is 0 Å². The number of aryl methyl sites for hydroxylation is 1. The molecule has 1 aromatic carbocycles. The molecule has 1 N–H and O–H groups in total. The molecule has 0 bridgehead atoms. The third-order valence-corrected chi connectivity index (χ3v) is 3.78. The highest BCUT2D eigenvalue weighted by molar-refractivity contribution is 9.10. The first kappa shape index (κ1) is 13.2. The van der Waals surface area contributed by atoms with Crippen molar-refractivity contribution < 1.29 is 9.53 Å². The van der Waals surface area contributed by atoms with Crippen molar-refractivity contribution in [1.82, 2.24) is 15.1 Å². The van der Waals surface area contributed by atoms with Gasteiger partial charge in [0.2, 0.25) is 0 Å². The second kappa shape index (κ2) is 5.28. The van der Waals surface area contributed by atoms with Crippen LogP contribution in [0.5, 0.6) is 5.75 Å². The standard InChI is InChI=1S/C14H14BrN3O2/c1-18-12(2-4-17-18)14(19)16-8-10-7-11(15)6-9-3-5-20-13(9)10/h2,4,6-7H,3,5,8H2,1H3,(H,16,19). The van der Waals surface area contributed by atoms with Crippen molar-refractivity contribution in [2.24, 2.45) is 7.05 Å². The molecule has 1 aliphatic heterocycles. The number of carbonyl (C=O) groups is 1. The van der Waals surface area contributed by atoms with E-state index in [1.807, 2.05) is 6.07 Å². The molecule has 1 aromatic heterocycles.